The predicted octanol–water partition coefficient (Wildman–Crippen LogP) is 1.83. The lowest BCUT2D eigenvalue weighted by Gasteiger charge is -2.12. The zero-order valence-corrected chi connectivity index (χ0v) is 11.9. The van der Waals surface area contributed by atoms with Gasteiger partial charge in [-0.2, -0.15) is 0 Å². The summed E-state index contributed by atoms with van der Waals surface area (Å²) in [6.07, 6.45) is 0. The van der Waals surface area contributed by atoms with E-state index in [4.69, 9.17) is 23.2 Å². The van der Waals surface area contributed by atoms with E-state index in [9.17, 15) is 8.42 Å². The number of halogens is 2. The molecule has 0 unspecified atom stereocenters. The minimum atomic E-state index is -3.60. The molecular weight excluding hydrogens is 283 g/mol. The van der Waals surface area contributed by atoms with Gasteiger partial charge in [0.05, 0.1) is 10.0 Å². The molecule has 0 saturated carbocycles. The molecule has 0 saturated heterocycles. The molecule has 0 aliphatic heterocycles. The number of nitrogens with zero attached hydrogens (tertiary/aromatic N) is 1. The predicted molar refractivity (Wildman–Crippen MR) is 70.2 cm³/mol. The summed E-state index contributed by atoms with van der Waals surface area (Å²) in [6.45, 7) is 0.926. The first-order valence-electron chi connectivity index (χ1n) is 4.93. The molecule has 96 valence electrons. The van der Waals surface area contributed by atoms with Crippen LogP contribution in [0.5, 0.6) is 0 Å². The first-order valence-corrected chi connectivity index (χ1v) is 7.17. The lowest BCUT2D eigenvalue weighted by molar-refractivity contribution is 0.412. The Kier molecular flexibility index (Phi) is 5.22. The van der Waals surface area contributed by atoms with Crippen molar-refractivity contribution in [1.82, 2.24) is 9.62 Å². The van der Waals surface area contributed by atoms with Crippen LogP contribution in [0.4, 0.5) is 0 Å². The molecule has 0 aliphatic rings. The maximum absolute atomic E-state index is 11.9. The molecule has 4 nitrogen and oxygen atoms in total. The normalized spacial score (nSPS) is 12.1. The highest BCUT2D eigenvalue weighted by atomic mass is 35.5. The van der Waals surface area contributed by atoms with Crippen LogP contribution in [-0.2, 0) is 10.0 Å². The van der Waals surface area contributed by atoms with Gasteiger partial charge >= 0.3 is 0 Å². The first kappa shape index (κ1) is 14.7. The van der Waals surface area contributed by atoms with Gasteiger partial charge in [-0.1, -0.05) is 29.3 Å². The van der Waals surface area contributed by atoms with Crippen molar-refractivity contribution in [2.24, 2.45) is 0 Å². The highest BCUT2D eigenvalue weighted by Crippen LogP contribution is 2.28. The fraction of sp³-hybridized carbons (Fsp3) is 0.400. The van der Waals surface area contributed by atoms with Crippen LogP contribution in [0.1, 0.15) is 0 Å². The average molecular weight is 297 g/mol. The molecule has 0 heterocycles. The van der Waals surface area contributed by atoms with Crippen molar-refractivity contribution >= 4 is 33.2 Å². The van der Waals surface area contributed by atoms with E-state index in [1.165, 1.54) is 6.07 Å². The Morgan fingerprint density at radius 2 is 1.94 bits per heavy atom. The average Bonchev–Trinajstić information content (AvgIpc) is 2.21. The Hall–Kier alpha value is -0.330. The van der Waals surface area contributed by atoms with Gasteiger partial charge in [-0.15, -0.1) is 0 Å². The number of benzene rings is 1. The van der Waals surface area contributed by atoms with Crippen LogP contribution in [0.3, 0.4) is 0 Å². The smallest absolute Gasteiger partial charge is 0.242 e. The second-order valence-electron chi connectivity index (χ2n) is 3.75. The third-order valence-electron chi connectivity index (χ3n) is 2.06. The fourth-order valence-corrected chi connectivity index (χ4v) is 2.95. The molecule has 1 aromatic rings. The van der Waals surface area contributed by atoms with Gasteiger partial charge in [0.15, 0.2) is 0 Å². The van der Waals surface area contributed by atoms with Crippen molar-refractivity contribution < 1.29 is 8.42 Å². The van der Waals surface area contributed by atoms with Gasteiger partial charge in [-0.05, 0) is 26.2 Å². The molecule has 0 atom stereocenters. The van der Waals surface area contributed by atoms with Gasteiger partial charge in [0.2, 0.25) is 10.0 Å². The molecule has 1 aromatic carbocycles. The summed E-state index contributed by atoms with van der Waals surface area (Å²) >= 11 is 11.6. The molecule has 0 fully saturated rings. The van der Waals surface area contributed by atoms with E-state index >= 15 is 0 Å². The van der Waals surface area contributed by atoms with Crippen molar-refractivity contribution in [1.29, 1.82) is 0 Å². The molecule has 1 N–H and O–H groups in total. The third kappa shape index (κ3) is 4.12. The summed E-state index contributed by atoms with van der Waals surface area (Å²) < 4.78 is 26.3. The van der Waals surface area contributed by atoms with Gasteiger partial charge in [0.1, 0.15) is 4.90 Å². The van der Waals surface area contributed by atoms with Crippen LogP contribution in [-0.4, -0.2) is 40.5 Å². The van der Waals surface area contributed by atoms with E-state index in [0.717, 1.165) is 0 Å². The van der Waals surface area contributed by atoms with E-state index in [-0.39, 0.29) is 14.9 Å². The Bertz CT molecular complexity index is 489. The summed E-state index contributed by atoms with van der Waals surface area (Å²) in [5, 5.41) is 0.272. The number of hydrogen-bond donors (Lipinski definition) is 1. The van der Waals surface area contributed by atoms with Crippen LogP contribution in [0, 0.1) is 0 Å². The van der Waals surface area contributed by atoms with Crippen LogP contribution in [0.15, 0.2) is 23.1 Å². The highest BCUT2D eigenvalue weighted by Gasteiger charge is 2.18. The summed E-state index contributed by atoms with van der Waals surface area (Å²) in [5.74, 6) is 0. The van der Waals surface area contributed by atoms with Gasteiger partial charge < -0.3 is 4.90 Å². The summed E-state index contributed by atoms with van der Waals surface area (Å²) in [7, 11) is 0.121. The third-order valence-corrected chi connectivity index (χ3v) is 4.49. The zero-order valence-electron chi connectivity index (χ0n) is 9.57. The van der Waals surface area contributed by atoms with Crippen LogP contribution >= 0.6 is 23.2 Å². The second-order valence-corrected chi connectivity index (χ2v) is 6.27. The molecule has 1 rings (SSSR count). The van der Waals surface area contributed by atoms with Crippen LogP contribution in [0.2, 0.25) is 10.0 Å². The number of sulfonamides is 1. The summed E-state index contributed by atoms with van der Waals surface area (Å²) in [4.78, 5) is 1.88. The van der Waals surface area contributed by atoms with E-state index in [1.807, 2.05) is 19.0 Å². The maximum Gasteiger partial charge on any atom is 0.242 e. The van der Waals surface area contributed by atoms with E-state index in [2.05, 4.69) is 4.72 Å². The van der Waals surface area contributed by atoms with Crippen molar-refractivity contribution in [2.75, 3.05) is 27.2 Å². The monoisotopic (exact) mass is 296 g/mol. The van der Waals surface area contributed by atoms with Crippen molar-refractivity contribution in [3.63, 3.8) is 0 Å². The Balaban J connectivity index is 2.87. The molecule has 0 aliphatic carbocycles. The quantitative estimate of drug-likeness (QED) is 0.902. The van der Waals surface area contributed by atoms with Crippen molar-refractivity contribution in [3.8, 4) is 0 Å². The number of likely N-dealkylation sites (N-methyl/N-ethyl adjacent to an activating group) is 1. The topological polar surface area (TPSA) is 49.4 Å². The Morgan fingerprint density at radius 1 is 1.29 bits per heavy atom. The molecule has 0 amide bonds. The molecule has 0 spiro atoms. The highest BCUT2D eigenvalue weighted by molar-refractivity contribution is 7.89. The molecule has 17 heavy (non-hydrogen) atoms. The molecule has 7 heteroatoms. The van der Waals surface area contributed by atoms with Crippen LogP contribution in [0.25, 0.3) is 0 Å². The molecule has 0 bridgehead atoms. The number of rotatable bonds is 5. The summed E-state index contributed by atoms with van der Waals surface area (Å²) in [6, 6.07) is 4.52. The number of hydrogen-bond acceptors (Lipinski definition) is 3. The van der Waals surface area contributed by atoms with E-state index in [0.29, 0.717) is 13.1 Å². The lowest BCUT2D eigenvalue weighted by atomic mass is 10.4. The van der Waals surface area contributed by atoms with Crippen molar-refractivity contribution in [3.05, 3.63) is 28.2 Å². The minimum absolute atomic E-state index is 0.00502. The SMILES string of the molecule is CN(C)CCNS(=O)(=O)c1cccc(Cl)c1Cl. The largest absolute Gasteiger partial charge is 0.308 e. The van der Waals surface area contributed by atoms with Gasteiger partial charge in [-0.25, -0.2) is 13.1 Å². The van der Waals surface area contributed by atoms with Gasteiger partial charge in [0, 0.05) is 13.1 Å². The zero-order chi connectivity index (χ0) is 13.1. The number of nitrogens with one attached hydrogen (secondary N) is 1. The van der Waals surface area contributed by atoms with Crippen molar-refractivity contribution in [2.45, 2.75) is 4.90 Å². The van der Waals surface area contributed by atoms with Gasteiger partial charge in [0.25, 0.3) is 0 Å². The van der Waals surface area contributed by atoms with Crippen LogP contribution < -0.4 is 4.72 Å². The van der Waals surface area contributed by atoms with Gasteiger partial charge in [-0.3, -0.25) is 0 Å². The Labute approximate surface area is 112 Å². The van der Waals surface area contributed by atoms with E-state index in [1.54, 1.807) is 12.1 Å². The second kappa shape index (κ2) is 6.02. The lowest BCUT2D eigenvalue weighted by Crippen LogP contribution is -2.31. The minimum Gasteiger partial charge on any atom is -0.308 e. The molecule has 0 aromatic heterocycles. The standard InChI is InChI=1S/C10H14Cl2N2O2S/c1-14(2)7-6-13-17(15,16)9-5-3-4-8(11)10(9)12/h3-5,13H,6-7H2,1-2H3. The maximum atomic E-state index is 11.9. The molecular formula is C10H14Cl2N2O2S. The first-order chi connectivity index (χ1) is 7.84. The van der Waals surface area contributed by atoms with E-state index < -0.39 is 10.0 Å². The molecule has 0 radical (unpaired) electrons. The summed E-state index contributed by atoms with van der Waals surface area (Å²) in [5.41, 5.74) is 0. The fourth-order valence-electron chi connectivity index (χ4n) is 1.17. The Morgan fingerprint density at radius 3 is 2.53 bits per heavy atom.